The predicted octanol–water partition coefficient (Wildman–Crippen LogP) is 3.66. The van der Waals surface area contributed by atoms with Crippen LogP contribution in [0.5, 0.6) is 0 Å². The van der Waals surface area contributed by atoms with Gasteiger partial charge in [-0.2, -0.15) is 0 Å². The summed E-state index contributed by atoms with van der Waals surface area (Å²) < 4.78 is 27.3. The van der Waals surface area contributed by atoms with E-state index in [0.717, 1.165) is 32.5 Å². The molecule has 3 aromatic rings. The number of carbonyl (C=O) groups excluding carboxylic acids is 1. The van der Waals surface area contributed by atoms with Gasteiger partial charge >= 0.3 is 0 Å². The van der Waals surface area contributed by atoms with Crippen molar-refractivity contribution in [3.8, 4) is 0 Å². The summed E-state index contributed by atoms with van der Waals surface area (Å²) in [5.41, 5.74) is 2.02. The zero-order valence-corrected chi connectivity index (χ0v) is 19.9. The Balaban J connectivity index is 1.19. The van der Waals surface area contributed by atoms with Crippen LogP contribution in [0.25, 0.3) is 0 Å². The molecule has 2 N–H and O–H groups in total. The van der Waals surface area contributed by atoms with Crippen LogP contribution in [0.4, 0.5) is 5.13 Å². The fourth-order valence-electron chi connectivity index (χ4n) is 3.86. The number of hydrogen-bond acceptors (Lipinski definition) is 6. The van der Waals surface area contributed by atoms with Gasteiger partial charge in [0.25, 0.3) is 10.0 Å². The summed E-state index contributed by atoms with van der Waals surface area (Å²) in [5, 5.41) is 5.23. The van der Waals surface area contributed by atoms with Crippen LogP contribution >= 0.6 is 11.3 Å². The number of nitrogens with zero attached hydrogens (tertiary/aromatic N) is 2. The molecule has 9 heteroatoms. The zero-order valence-electron chi connectivity index (χ0n) is 18.3. The molecule has 1 fully saturated rings. The molecule has 0 aliphatic carbocycles. The molecule has 0 atom stereocenters. The Kier molecular flexibility index (Phi) is 7.74. The van der Waals surface area contributed by atoms with Crippen LogP contribution < -0.4 is 10.0 Å². The molecule has 1 aliphatic rings. The number of rotatable bonds is 9. The molecule has 0 unspecified atom stereocenters. The lowest BCUT2D eigenvalue weighted by Gasteiger charge is -2.32. The van der Waals surface area contributed by atoms with Crippen LogP contribution in [0.3, 0.4) is 0 Å². The first kappa shape index (κ1) is 23.4. The number of amides is 1. The zero-order chi connectivity index (χ0) is 23.1. The van der Waals surface area contributed by atoms with Crippen molar-refractivity contribution in [1.82, 2.24) is 15.2 Å². The SMILES string of the molecule is O=C(CCc1csc(NS(=O)(=O)c2ccccc2)n1)NC1CCN(Cc2ccccc2)CC1. The molecule has 2 aromatic carbocycles. The molecular formula is C24H28N4O3S2. The Labute approximate surface area is 198 Å². The fourth-order valence-corrected chi connectivity index (χ4v) is 5.88. The lowest BCUT2D eigenvalue weighted by Crippen LogP contribution is -2.44. The number of hydrogen-bond donors (Lipinski definition) is 2. The van der Waals surface area contributed by atoms with E-state index in [9.17, 15) is 13.2 Å². The van der Waals surface area contributed by atoms with Crippen molar-refractivity contribution in [1.29, 1.82) is 0 Å². The van der Waals surface area contributed by atoms with E-state index in [4.69, 9.17) is 0 Å². The normalized spacial score (nSPS) is 15.3. The molecule has 174 valence electrons. The summed E-state index contributed by atoms with van der Waals surface area (Å²) in [6.07, 6.45) is 2.70. The topological polar surface area (TPSA) is 91.4 Å². The molecule has 0 bridgehead atoms. The number of piperidine rings is 1. The largest absolute Gasteiger partial charge is 0.353 e. The third-order valence-corrected chi connectivity index (χ3v) is 7.93. The molecule has 2 heterocycles. The van der Waals surface area contributed by atoms with Gasteiger partial charge in [-0.1, -0.05) is 48.5 Å². The van der Waals surface area contributed by atoms with Crippen LogP contribution in [-0.4, -0.2) is 43.3 Å². The molecule has 1 aromatic heterocycles. The Hall–Kier alpha value is -2.75. The van der Waals surface area contributed by atoms with Crippen LogP contribution in [0.15, 0.2) is 70.9 Å². The fraction of sp³-hybridized carbons (Fsp3) is 0.333. The maximum absolute atomic E-state index is 12.4. The van der Waals surface area contributed by atoms with E-state index in [1.807, 2.05) is 6.07 Å². The van der Waals surface area contributed by atoms with Gasteiger partial charge < -0.3 is 5.32 Å². The molecule has 0 saturated carbocycles. The van der Waals surface area contributed by atoms with Crippen molar-refractivity contribution in [2.75, 3.05) is 17.8 Å². The highest BCUT2D eigenvalue weighted by Gasteiger charge is 2.21. The van der Waals surface area contributed by atoms with Crippen molar-refractivity contribution in [2.45, 2.75) is 43.2 Å². The van der Waals surface area contributed by atoms with Crippen molar-refractivity contribution in [3.63, 3.8) is 0 Å². The highest BCUT2D eigenvalue weighted by atomic mass is 32.2. The van der Waals surface area contributed by atoms with Gasteiger partial charge in [-0.25, -0.2) is 13.4 Å². The Morgan fingerprint density at radius 3 is 2.39 bits per heavy atom. The Morgan fingerprint density at radius 1 is 1.03 bits per heavy atom. The van der Waals surface area contributed by atoms with Crippen LogP contribution in [0.1, 0.15) is 30.5 Å². The van der Waals surface area contributed by atoms with Gasteiger partial charge in [0.2, 0.25) is 5.91 Å². The predicted molar refractivity (Wildman–Crippen MR) is 131 cm³/mol. The summed E-state index contributed by atoms with van der Waals surface area (Å²) in [5.74, 6) is 0.0101. The number of carbonyl (C=O) groups is 1. The highest BCUT2D eigenvalue weighted by molar-refractivity contribution is 7.93. The van der Waals surface area contributed by atoms with E-state index < -0.39 is 10.0 Å². The first-order valence-electron chi connectivity index (χ1n) is 11.1. The molecule has 0 radical (unpaired) electrons. The van der Waals surface area contributed by atoms with E-state index in [-0.39, 0.29) is 16.8 Å². The summed E-state index contributed by atoms with van der Waals surface area (Å²) in [6.45, 7) is 2.88. The van der Waals surface area contributed by atoms with Gasteiger partial charge in [0.05, 0.1) is 10.6 Å². The second-order valence-electron chi connectivity index (χ2n) is 8.17. The second kappa shape index (κ2) is 10.9. The van der Waals surface area contributed by atoms with Crippen LogP contribution in [0, 0.1) is 0 Å². The smallest absolute Gasteiger partial charge is 0.263 e. The molecular weight excluding hydrogens is 456 g/mol. The van der Waals surface area contributed by atoms with E-state index in [2.05, 4.69) is 44.2 Å². The van der Waals surface area contributed by atoms with Crippen molar-refractivity contribution in [2.24, 2.45) is 0 Å². The van der Waals surface area contributed by atoms with Gasteiger partial charge in [-0.15, -0.1) is 11.3 Å². The highest BCUT2D eigenvalue weighted by Crippen LogP contribution is 2.21. The van der Waals surface area contributed by atoms with Crippen LogP contribution in [0.2, 0.25) is 0 Å². The lowest BCUT2D eigenvalue weighted by atomic mass is 10.0. The average molecular weight is 485 g/mol. The maximum atomic E-state index is 12.4. The second-order valence-corrected chi connectivity index (χ2v) is 10.7. The van der Waals surface area contributed by atoms with Gasteiger partial charge in [-0.3, -0.25) is 14.4 Å². The van der Waals surface area contributed by atoms with Gasteiger partial charge in [0.1, 0.15) is 0 Å². The van der Waals surface area contributed by atoms with Gasteiger partial charge in [0, 0.05) is 37.5 Å². The summed E-state index contributed by atoms with van der Waals surface area (Å²) in [6, 6.07) is 18.8. The van der Waals surface area contributed by atoms with E-state index in [1.165, 1.54) is 29.0 Å². The number of sulfonamides is 1. The van der Waals surface area contributed by atoms with E-state index >= 15 is 0 Å². The first-order valence-corrected chi connectivity index (χ1v) is 13.4. The molecule has 1 saturated heterocycles. The summed E-state index contributed by atoms with van der Waals surface area (Å²) in [7, 11) is -3.66. The van der Waals surface area contributed by atoms with Crippen molar-refractivity contribution < 1.29 is 13.2 Å². The standard InChI is InChI=1S/C24H28N4O3S2/c29-23(25-20-13-15-28(16-14-20)17-19-7-3-1-4-8-19)12-11-21-18-32-24(26-21)27-33(30,31)22-9-5-2-6-10-22/h1-10,18,20H,11-17H2,(H,25,29)(H,26,27). The number of aryl methyl sites for hydroxylation is 1. The van der Waals surface area contributed by atoms with Gasteiger partial charge in [0.15, 0.2) is 5.13 Å². The number of anilines is 1. The number of likely N-dealkylation sites (tertiary alicyclic amines) is 1. The minimum Gasteiger partial charge on any atom is -0.353 e. The van der Waals surface area contributed by atoms with E-state index in [0.29, 0.717) is 23.7 Å². The molecule has 7 nitrogen and oxygen atoms in total. The number of nitrogens with one attached hydrogen (secondary N) is 2. The molecule has 1 aliphatic heterocycles. The van der Waals surface area contributed by atoms with Crippen molar-refractivity contribution >= 4 is 32.4 Å². The molecule has 4 rings (SSSR count). The minimum absolute atomic E-state index is 0.0101. The number of thiazole rings is 1. The van der Waals surface area contributed by atoms with Crippen molar-refractivity contribution in [3.05, 3.63) is 77.3 Å². The summed E-state index contributed by atoms with van der Waals surface area (Å²) >= 11 is 1.22. The average Bonchev–Trinajstić information content (AvgIpc) is 3.27. The van der Waals surface area contributed by atoms with Gasteiger partial charge in [-0.05, 0) is 37.0 Å². The van der Waals surface area contributed by atoms with Crippen LogP contribution in [-0.2, 0) is 27.8 Å². The lowest BCUT2D eigenvalue weighted by molar-refractivity contribution is -0.122. The first-order chi connectivity index (χ1) is 16.0. The Bertz CT molecular complexity index is 1140. The number of benzene rings is 2. The monoisotopic (exact) mass is 484 g/mol. The molecule has 1 amide bonds. The quantitative estimate of drug-likeness (QED) is 0.484. The van der Waals surface area contributed by atoms with E-state index in [1.54, 1.807) is 23.6 Å². The maximum Gasteiger partial charge on any atom is 0.263 e. The number of aromatic nitrogens is 1. The Morgan fingerprint density at radius 2 is 1.70 bits per heavy atom. The molecule has 0 spiro atoms. The third kappa shape index (κ3) is 6.86. The molecule has 33 heavy (non-hydrogen) atoms. The third-order valence-electron chi connectivity index (χ3n) is 5.64. The minimum atomic E-state index is -3.66. The summed E-state index contributed by atoms with van der Waals surface area (Å²) in [4.78, 5) is 19.4.